The van der Waals surface area contributed by atoms with E-state index in [0.29, 0.717) is 13.0 Å². The summed E-state index contributed by atoms with van der Waals surface area (Å²) in [7, 11) is 0. The van der Waals surface area contributed by atoms with Crippen LogP contribution in [-0.4, -0.2) is 87.4 Å². The molecule has 2 atom stereocenters. The second-order valence-electron chi connectivity index (χ2n) is 9.22. The summed E-state index contributed by atoms with van der Waals surface area (Å²) in [4.78, 5) is 72.9. The number of alkyl carbamates (subject to hydrolysis) is 1. The van der Waals surface area contributed by atoms with Crippen LogP contribution in [0, 0.1) is 0 Å². The van der Waals surface area contributed by atoms with Gasteiger partial charge in [-0.05, 0) is 25.3 Å². The molecule has 0 radical (unpaired) electrons. The Bertz CT molecular complexity index is 1010. The Hall–Kier alpha value is -4.20. The topological polar surface area (TPSA) is 190 Å². The molecule has 0 fully saturated rings. The molecule has 0 unspecified atom stereocenters. The highest BCUT2D eigenvalue weighted by molar-refractivity contribution is 5.92. The van der Waals surface area contributed by atoms with Crippen molar-refractivity contribution in [3.63, 3.8) is 0 Å². The largest absolute Gasteiger partial charge is 0.464 e. The van der Waals surface area contributed by atoms with Gasteiger partial charge in [-0.1, -0.05) is 57.0 Å². The van der Waals surface area contributed by atoms with Gasteiger partial charge >= 0.3 is 12.1 Å². The molecule has 1 rings (SSSR count). The predicted octanol–water partition coefficient (Wildman–Crippen LogP) is 0.295. The summed E-state index contributed by atoms with van der Waals surface area (Å²) in [6, 6.07) is 7.86. The number of carbonyl (C=O) groups is 6. The van der Waals surface area contributed by atoms with E-state index in [-0.39, 0.29) is 26.3 Å². The Kier molecular flexibility index (Phi) is 18.4. The molecule has 0 aliphatic carbocycles. The number of nitrogens with one attached hydrogen (secondary N) is 5. The molecule has 5 N–H and O–H groups in total. The van der Waals surface area contributed by atoms with Crippen LogP contribution in [-0.2, 0) is 44.6 Å². The number of benzene rings is 1. The van der Waals surface area contributed by atoms with E-state index in [2.05, 4.69) is 26.6 Å². The third-order valence-corrected chi connectivity index (χ3v) is 5.60. The highest BCUT2D eigenvalue weighted by atomic mass is 16.6. The van der Waals surface area contributed by atoms with Gasteiger partial charge in [-0.25, -0.2) is 9.59 Å². The lowest BCUT2D eigenvalue weighted by Gasteiger charge is -2.19. The number of hydrogen-bond donors (Lipinski definition) is 5. The van der Waals surface area contributed by atoms with Crippen LogP contribution in [0.5, 0.6) is 0 Å². The van der Waals surface area contributed by atoms with Crippen LogP contribution in [0.2, 0.25) is 0 Å². The molecule has 0 spiro atoms. The molecule has 5 amide bonds. The number of amides is 5. The first-order chi connectivity index (χ1) is 20.2. The summed E-state index contributed by atoms with van der Waals surface area (Å²) in [6.07, 6.45) is 1.69. The molecule has 234 valence electrons. The Morgan fingerprint density at radius 1 is 0.738 bits per heavy atom. The molecule has 0 bridgehead atoms. The SMILES string of the molecule is CCCCOC(=O)NCC(=O)NCC(=O)N[C@@H](Cc1ccccc1)C(=O)NCC(=O)NCO[C@@H](C)C(=O)OCCCC. The summed E-state index contributed by atoms with van der Waals surface area (Å²) in [5.41, 5.74) is 0.755. The number of carbonyl (C=O) groups excluding carboxylic acids is 6. The van der Waals surface area contributed by atoms with Gasteiger partial charge in [0.15, 0.2) is 6.10 Å². The summed E-state index contributed by atoms with van der Waals surface area (Å²) in [5, 5.41) is 12.1. The summed E-state index contributed by atoms with van der Waals surface area (Å²) in [6.45, 7) is 4.44. The second-order valence-corrected chi connectivity index (χ2v) is 9.22. The van der Waals surface area contributed by atoms with Crippen molar-refractivity contribution < 1.29 is 43.0 Å². The summed E-state index contributed by atoms with van der Waals surface area (Å²) >= 11 is 0. The molecule has 14 heteroatoms. The van der Waals surface area contributed by atoms with E-state index >= 15 is 0 Å². The Labute approximate surface area is 246 Å². The van der Waals surface area contributed by atoms with Gasteiger partial charge < -0.3 is 40.8 Å². The molecular weight excluding hydrogens is 550 g/mol. The van der Waals surface area contributed by atoms with E-state index in [1.54, 1.807) is 30.3 Å². The molecule has 0 aromatic heterocycles. The van der Waals surface area contributed by atoms with Crippen LogP contribution in [0.15, 0.2) is 30.3 Å². The molecule has 42 heavy (non-hydrogen) atoms. The van der Waals surface area contributed by atoms with E-state index < -0.39 is 60.9 Å². The molecule has 0 saturated carbocycles. The minimum atomic E-state index is -1.05. The number of unbranched alkanes of at least 4 members (excludes halogenated alkanes) is 2. The maximum atomic E-state index is 12.9. The molecule has 0 aliphatic rings. The quantitative estimate of drug-likeness (QED) is 0.0804. The minimum absolute atomic E-state index is 0.125. The highest BCUT2D eigenvalue weighted by Crippen LogP contribution is 2.04. The third-order valence-electron chi connectivity index (χ3n) is 5.60. The maximum absolute atomic E-state index is 12.9. The average Bonchev–Trinajstić information content (AvgIpc) is 2.98. The third kappa shape index (κ3) is 16.8. The second kappa shape index (κ2) is 21.5. The van der Waals surface area contributed by atoms with Gasteiger partial charge in [-0.2, -0.15) is 0 Å². The first-order valence-corrected chi connectivity index (χ1v) is 14.0. The molecule has 14 nitrogen and oxygen atoms in total. The predicted molar refractivity (Wildman–Crippen MR) is 152 cm³/mol. The van der Waals surface area contributed by atoms with Crippen LogP contribution in [0.4, 0.5) is 4.79 Å². The molecule has 1 aromatic carbocycles. The Morgan fingerprint density at radius 3 is 2.00 bits per heavy atom. The highest BCUT2D eigenvalue weighted by Gasteiger charge is 2.22. The minimum Gasteiger partial charge on any atom is -0.464 e. The smallest absolute Gasteiger partial charge is 0.407 e. The van der Waals surface area contributed by atoms with Crippen LogP contribution in [0.3, 0.4) is 0 Å². The van der Waals surface area contributed by atoms with Crippen molar-refractivity contribution in [1.29, 1.82) is 0 Å². The van der Waals surface area contributed by atoms with Crippen molar-refractivity contribution in [2.45, 2.75) is 65.0 Å². The van der Waals surface area contributed by atoms with Crippen molar-refractivity contribution in [2.24, 2.45) is 0 Å². The Morgan fingerprint density at radius 2 is 1.33 bits per heavy atom. The van der Waals surface area contributed by atoms with Gasteiger partial charge in [0.25, 0.3) is 0 Å². The van der Waals surface area contributed by atoms with Crippen molar-refractivity contribution >= 4 is 35.7 Å². The fourth-order valence-corrected chi connectivity index (χ4v) is 3.16. The zero-order valence-corrected chi connectivity index (χ0v) is 24.5. The van der Waals surface area contributed by atoms with Crippen LogP contribution < -0.4 is 26.6 Å². The molecular formula is C28H43N5O9. The first-order valence-electron chi connectivity index (χ1n) is 14.0. The monoisotopic (exact) mass is 593 g/mol. The van der Waals surface area contributed by atoms with Crippen LogP contribution >= 0.6 is 0 Å². The molecule has 0 heterocycles. The normalized spacial score (nSPS) is 11.8. The number of esters is 1. The van der Waals surface area contributed by atoms with Crippen molar-refractivity contribution in [1.82, 2.24) is 26.6 Å². The maximum Gasteiger partial charge on any atom is 0.407 e. The zero-order chi connectivity index (χ0) is 31.2. The standard InChI is InChI=1S/C28H43N5O9/c1-4-6-13-40-27(38)20(3)42-19-32-24(35)16-30-26(37)22(15-21-11-9-8-10-12-21)33-25(36)18-29-23(34)17-31-28(39)41-14-7-5-2/h8-12,20,22H,4-7,13-19H2,1-3H3,(H,29,34)(H,30,37)(H,31,39)(H,32,35)(H,33,36)/t20-,22-/m0/s1. The lowest BCUT2D eigenvalue weighted by atomic mass is 10.1. The first kappa shape index (κ1) is 35.8. The van der Waals surface area contributed by atoms with E-state index in [4.69, 9.17) is 14.2 Å². The van der Waals surface area contributed by atoms with E-state index in [0.717, 1.165) is 24.8 Å². The molecule has 0 aliphatic heterocycles. The zero-order valence-electron chi connectivity index (χ0n) is 24.5. The van der Waals surface area contributed by atoms with Gasteiger partial charge in [0.2, 0.25) is 23.6 Å². The summed E-state index contributed by atoms with van der Waals surface area (Å²) in [5.74, 6) is -3.01. The van der Waals surface area contributed by atoms with Crippen molar-refractivity contribution in [3.05, 3.63) is 35.9 Å². The lowest BCUT2D eigenvalue weighted by molar-refractivity contribution is -0.157. The van der Waals surface area contributed by atoms with E-state index in [1.165, 1.54) is 6.92 Å². The fraction of sp³-hybridized carbons (Fsp3) is 0.571. The van der Waals surface area contributed by atoms with E-state index in [1.807, 2.05) is 13.8 Å². The van der Waals surface area contributed by atoms with E-state index in [9.17, 15) is 28.8 Å². The fourth-order valence-electron chi connectivity index (χ4n) is 3.16. The van der Waals surface area contributed by atoms with Gasteiger partial charge in [-0.15, -0.1) is 0 Å². The summed E-state index contributed by atoms with van der Waals surface area (Å²) < 4.78 is 15.2. The van der Waals surface area contributed by atoms with Gasteiger partial charge in [0, 0.05) is 6.42 Å². The number of ether oxygens (including phenoxy) is 3. The number of hydrogen-bond acceptors (Lipinski definition) is 9. The number of rotatable bonds is 20. The van der Waals surface area contributed by atoms with Crippen molar-refractivity contribution in [3.8, 4) is 0 Å². The van der Waals surface area contributed by atoms with Crippen LogP contribution in [0.25, 0.3) is 0 Å². The molecule has 1 aromatic rings. The Balaban J connectivity index is 2.52. The van der Waals surface area contributed by atoms with Gasteiger partial charge in [0.05, 0.1) is 26.3 Å². The van der Waals surface area contributed by atoms with Gasteiger partial charge in [-0.3, -0.25) is 19.2 Å². The molecule has 0 saturated heterocycles. The average molecular weight is 594 g/mol. The lowest BCUT2D eigenvalue weighted by Crippen LogP contribution is -2.52. The van der Waals surface area contributed by atoms with Crippen molar-refractivity contribution in [2.75, 3.05) is 39.6 Å². The van der Waals surface area contributed by atoms with Crippen LogP contribution in [0.1, 0.15) is 52.0 Å². The van der Waals surface area contributed by atoms with Gasteiger partial charge in [0.1, 0.15) is 19.3 Å².